The Morgan fingerprint density at radius 2 is 1.80 bits per heavy atom. The van der Waals surface area contributed by atoms with Gasteiger partial charge in [-0.2, -0.15) is 0 Å². The number of aliphatic carboxylic acids is 1. The molecular weight excluding hydrogens is 326 g/mol. The van der Waals surface area contributed by atoms with Crippen molar-refractivity contribution in [3.63, 3.8) is 0 Å². The number of hydrogen-bond donors (Lipinski definition) is 3. The molecule has 1 aromatic carbocycles. The Morgan fingerprint density at radius 1 is 1.20 bits per heavy atom. The van der Waals surface area contributed by atoms with Crippen LogP contribution in [0.25, 0.3) is 0 Å². The van der Waals surface area contributed by atoms with E-state index in [0.717, 1.165) is 4.90 Å². The first-order valence-corrected chi connectivity index (χ1v) is 8.06. The fourth-order valence-corrected chi connectivity index (χ4v) is 2.83. The summed E-state index contributed by atoms with van der Waals surface area (Å²) in [4.78, 5) is 49.0. The topological polar surface area (TPSA) is 116 Å². The van der Waals surface area contributed by atoms with E-state index in [1.807, 2.05) is 0 Å². The van der Waals surface area contributed by atoms with Gasteiger partial charge in [0.15, 0.2) is 6.04 Å². The van der Waals surface area contributed by atoms with E-state index < -0.39 is 41.9 Å². The van der Waals surface area contributed by atoms with Gasteiger partial charge in [0.05, 0.1) is 0 Å². The molecule has 0 unspecified atom stereocenters. The van der Waals surface area contributed by atoms with Crippen LogP contribution in [0.4, 0.5) is 4.79 Å². The Morgan fingerprint density at radius 3 is 2.28 bits per heavy atom. The van der Waals surface area contributed by atoms with Gasteiger partial charge in [0.25, 0.3) is 5.91 Å². The lowest BCUT2D eigenvalue weighted by molar-refractivity contribution is -0.142. The molecule has 8 heteroatoms. The minimum absolute atomic E-state index is 0.400. The van der Waals surface area contributed by atoms with Gasteiger partial charge in [0, 0.05) is 0 Å². The van der Waals surface area contributed by atoms with Crippen LogP contribution < -0.4 is 10.6 Å². The summed E-state index contributed by atoms with van der Waals surface area (Å²) in [5.41, 5.74) is -0.597. The summed E-state index contributed by atoms with van der Waals surface area (Å²) < 4.78 is 0. The Bertz CT molecular complexity index is 685. The highest BCUT2D eigenvalue weighted by molar-refractivity contribution is 6.09. The summed E-state index contributed by atoms with van der Waals surface area (Å²) in [5, 5.41) is 14.3. The molecule has 0 aliphatic carbocycles. The highest BCUT2D eigenvalue weighted by Gasteiger charge is 2.49. The fraction of sp³-hybridized carbons (Fsp3) is 0.412. The lowest BCUT2D eigenvalue weighted by atomic mass is 9.93. The molecule has 1 aromatic rings. The SMILES string of the molecule is CCC1(CC)NC(=O)N(CC(=O)N[C@H](C(=O)O)c2ccccc2)C1=O. The van der Waals surface area contributed by atoms with E-state index >= 15 is 0 Å². The second kappa shape index (κ2) is 7.33. The molecule has 1 aliphatic rings. The number of urea groups is 1. The van der Waals surface area contributed by atoms with Gasteiger partial charge in [-0.05, 0) is 18.4 Å². The number of amides is 4. The summed E-state index contributed by atoms with van der Waals surface area (Å²) in [5.74, 6) is -2.42. The molecule has 134 valence electrons. The van der Waals surface area contributed by atoms with E-state index in [1.165, 1.54) is 0 Å². The van der Waals surface area contributed by atoms with Crippen LogP contribution in [0.5, 0.6) is 0 Å². The van der Waals surface area contributed by atoms with Gasteiger partial charge < -0.3 is 15.7 Å². The van der Waals surface area contributed by atoms with Crippen LogP contribution in [-0.2, 0) is 14.4 Å². The number of rotatable bonds is 7. The standard InChI is InChI=1S/C17H21N3O5/c1-3-17(4-2)15(24)20(16(25)19-17)10-12(21)18-13(14(22)23)11-8-6-5-7-9-11/h5-9,13H,3-4,10H2,1-2H3,(H,18,21)(H,19,25)(H,22,23)/t13-/m0/s1. The molecule has 4 amide bonds. The van der Waals surface area contributed by atoms with Crippen LogP contribution in [0.3, 0.4) is 0 Å². The molecule has 1 heterocycles. The lowest BCUT2D eigenvalue weighted by Gasteiger charge is -2.23. The van der Waals surface area contributed by atoms with Gasteiger partial charge in [-0.25, -0.2) is 9.59 Å². The van der Waals surface area contributed by atoms with Crippen molar-refractivity contribution in [3.05, 3.63) is 35.9 Å². The number of carbonyl (C=O) groups is 4. The molecule has 0 aromatic heterocycles. The van der Waals surface area contributed by atoms with Crippen LogP contribution in [-0.4, -0.2) is 45.9 Å². The van der Waals surface area contributed by atoms with Crippen molar-refractivity contribution in [1.29, 1.82) is 0 Å². The number of imide groups is 1. The Labute approximate surface area is 145 Å². The number of nitrogens with one attached hydrogen (secondary N) is 2. The van der Waals surface area contributed by atoms with E-state index in [-0.39, 0.29) is 0 Å². The van der Waals surface area contributed by atoms with Gasteiger partial charge in [-0.15, -0.1) is 0 Å². The number of carboxylic acids is 1. The van der Waals surface area contributed by atoms with Crippen LogP contribution >= 0.6 is 0 Å². The van der Waals surface area contributed by atoms with Crippen molar-refractivity contribution < 1.29 is 24.3 Å². The van der Waals surface area contributed by atoms with Crippen molar-refractivity contribution in [2.45, 2.75) is 38.3 Å². The fourth-order valence-electron chi connectivity index (χ4n) is 2.83. The molecular formula is C17H21N3O5. The maximum atomic E-state index is 12.5. The van der Waals surface area contributed by atoms with Gasteiger partial charge in [0.1, 0.15) is 12.1 Å². The minimum atomic E-state index is -1.25. The van der Waals surface area contributed by atoms with Crippen LogP contribution in [0.15, 0.2) is 30.3 Å². The molecule has 8 nitrogen and oxygen atoms in total. The Balaban J connectivity index is 2.10. The van der Waals surface area contributed by atoms with E-state index in [0.29, 0.717) is 18.4 Å². The highest BCUT2D eigenvalue weighted by Crippen LogP contribution is 2.24. The molecule has 1 fully saturated rings. The summed E-state index contributed by atoms with van der Waals surface area (Å²) in [6.45, 7) is 3.03. The van der Waals surface area contributed by atoms with Crippen molar-refractivity contribution in [1.82, 2.24) is 15.5 Å². The maximum Gasteiger partial charge on any atom is 0.330 e. The lowest BCUT2D eigenvalue weighted by Crippen LogP contribution is -2.47. The van der Waals surface area contributed by atoms with E-state index in [1.54, 1.807) is 44.2 Å². The molecule has 1 aliphatic heterocycles. The molecule has 3 N–H and O–H groups in total. The van der Waals surface area contributed by atoms with E-state index in [9.17, 15) is 24.3 Å². The smallest absolute Gasteiger partial charge is 0.330 e. The zero-order valence-corrected chi connectivity index (χ0v) is 14.1. The maximum absolute atomic E-state index is 12.5. The summed E-state index contributed by atoms with van der Waals surface area (Å²) in [6.07, 6.45) is 0.821. The zero-order valence-electron chi connectivity index (χ0n) is 14.1. The third-order valence-corrected chi connectivity index (χ3v) is 4.44. The Kier molecular flexibility index (Phi) is 5.41. The highest BCUT2D eigenvalue weighted by atomic mass is 16.4. The van der Waals surface area contributed by atoms with Gasteiger partial charge in [0.2, 0.25) is 5.91 Å². The quantitative estimate of drug-likeness (QED) is 0.637. The first-order valence-electron chi connectivity index (χ1n) is 8.06. The molecule has 0 bridgehead atoms. The monoisotopic (exact) mass is 347 g/mol. The molecule has 25 heavy (non-hydrogen) atoms. The number of nitrogens with zero attached hydrogens (tertiary/aromatic N) is 1. The average Bonchev–Trinajstić information content (AvgIpc) is 2.84. The third-order valence-electron chi connectivity index (χ3n) is 4.44. The summed E-state index contributed by atoms with van der Waals surface area (Å²) in [7, 11) is 0. The average molecular weight is 347 g/mol. The van der Waals surface area contributed by atoms with Gasteiger partial charge >= 0.3 is 12.0 Å². The first-order chi connectivity index (χ1) is 11.8. The van der Waals surface area contributed by atoms with Crippen LogP contribution in [0, 0.1) is 0 Å². The van der Waals surface area contributed by atoms with Crippen LogP contribution in [0.1, 0.15) is 38.3 Å². The molecule has 1 saturated heterocycles. The predicted octanol–water partition coefficient (Wildman–Crippen LogP) is 1.04. The van der Waals surface area contributed by atoms with Crippen molar-refractivity contribution in [3.8, 4) is 0 Å². The number of carboxylic acid groups (broad SMARTS) is 1. The van der Waals surface area contributed by atoms with E-state index in [4.69, 9.17) is 0 Å². The molecule has 2 rings (SSSR count). The second-order valence-corrected chi connectivity index (χ2v) is 5.86. The number of benzene rings is 1. The molecule has 0 saturated carbocycles. The predicted molar refractivity (Wildman–Crippen MR) is 88.5 cm³/mol. The van der Waals surface area contributed by atoms with Gasteiger partial charge in [-0.1, -0.05) is 44.2 Å². The summed E-state index contributed by atoms with van der Waals surface area (Å²) >= 11 is 0. The van der Waals surface area contributed by atoms with Crippen molar-refractivity contribution in [2.24, 2.45) is 0 Å². The van der Waals surface area contributed by atoms with Crippen LogP contribution in [0.2, 0.25) is 0 Å². The molecule has 0 radical (unpaired) electrons. The zero-order chi connectivity index (χ0) is 18.6. The molecule has 0 spiro atoms. The minimum Gasteiger partial charge on any atom is -0.479 e. The summed E-state index contributed by atoms with van der Waals surface area (Å²) in [6, 6.07) is 6.30. The van der Waals surface area contributed by atoms with Crippen molar-refractivity contribution in [2.75, 3.05) is 6.54 Å². The van der Waals surface area contributed by atoms with Crippen molar-refractivity contribution >= 4 is 23.8 Å². The Hall–Kier alpha value is -2.90. The first kappa shape index (κ1) is 18.4. The molecule has 1 atom stereocenters. The van der Waals surface area contributed by atoms with E-state index in [2.05, 4.69) is 10.6 Å². The number of carbonyl (C=O) groups excluding carboxylic acids is 3. The number of hydrogen-bond acceptors (Lipinski definition) is 4. The van der Waals surface area contributed by atoms with Gasteiger partial charge in [-0.3, -0.25) is 14.5 Å². The normalized spacial score (nSPS) is 17.1. The largest absolute Gasteiger partial charge is 0.479 e. The third kappa shape index (κ3) is 3.62. The second-order valence-electron chi connectivity index (χ2n) is 5.86.